The lowest BCUT2D eigenvalue weighted by Crippen LogP contribution is -2.01. The molecule has 0 aromatic carbocycles. The summed E-state index contributed by atoms with van der Waals surface area (Å²) in [5.41, 5.74) is 2.27. The molecule has 78 valence electrons. The second-order valence-electron chi connectivity index (χ2n) is 3.53. The molecule has 2 heterocycles. The smallest absolute Gasteiger partial charge is 0.0306 e. The monoisotopic (exact) mass is 208 g/mol. The van der Waals surface area contributed by atoms with E-state index in [9.17, 15) is 0 Å². The van der Waals surface area contributed by atoms with E-state index in [1.54, 1.807) is 12.4 Å². The van der Waals surface area contributed by atoms with E-state index in [4.69, 9.17) is 6.42 Å². The van der Waals surface area contributed by atoms with Crippen LogP contribution in [0.3, 0.4) is 0 Å². The molecule has 0 spiro atoms. The first-order valence-electron chi connectivity index (χ1n) is 5.15. The molecule has 2 heteroatoms. The molecule has 0 bridgehead atoms. The molecule has 0 aliphatic carbocycles. The summed E-state index contributed by atoms with van der Waals surface area (Å²) >= 11 is 0. The third-order valence-corrected chi connectivity index (χ3v) is 2.50. The van der Waals surface area contributed by atoms with Crippen molar-refractivity contribution in [3.05, 3.63) is 60.2 Å². The second-order valence-corrected chi connectivity index (χ2v) is 3.53. The molecule has 2 aromatic rings. The van der Waals surface area contributed by atoms with Crippen LogP contribution in [0.2, 0.25) is 0 Å². The van der Waals surface area contributed by atoms with Gasteiger partial charge in [-0.05, 0) is 23.3 Å². The quantitative estimate of drug-likeness (QED) is 0.725. The Morgan fingerprint density at radius 1 is 1.06 bits per heavy atom. The van der Waals surface area contributed by atoms with E-state index in [0.717, 1.165) is 11.1 Å². The third-order valence-electron chi connectivity index (χ3n) is 2.50. The van der Waals surface area contributed by atoms with Crippen molar-refractivity contribution in [1.82, 2.24) is 9.97 Å². The maximum absolute atomic E-state index is 5.41. The van der Waals surface area contributed by atoms with Gasteiger partial charge < -0.3 is 0 Å². The van der Waals surface area contributed by atoms with Gasteiger partial charge in [0.1, 0.15) is 0 Å². The Labute approximate surface area is 95.4 Å². The molecule has 0 aliphatic rings. The first-order valence-corrected chi connectivity index (χ1v) is 5.15. The summed E-state index contributed by atoms with van der Waals surface area (Å²) in [5.74, 6) is 2.90. The zero-order chi connectivity index (χ0) is 11.2. The van der Waals surface area contributed by atoms with Gasteiger partial charge in [0.05, 0.1) is 0 Å². The predicted molar refractivity (Wildman–Crippen MR) is 63.8 cm³/mol. The normalized spacial score (nSPS) is 10.0. The van der Waals surface area contributed by atoms with Crippen LogP contribution in [0, 0.1) is 12.3 Å². The molecule has 2 nitrogen and oxygen atoms in total. The van der Waals surface area contributed by atoms with Gasteiger partial charge in [-0.3, -0.25) is 9.97 Å². The molecule has 0 amide bonds. The van der Waals surface area contributed by atoms with Gasteiger partial charge in [0.25, 0.3) is 0 Å². The molecule has 0 fully saturated rings. The van der Waals surface area contributed by atoms with E-state index in [1.165, 1.54) is 0 Å². The molecule has 0 saturated heterocycles. The first kappa shape index (κ1) is 10.4. The van der Waals surface area contributed by atoms with Crippen LogP contribution in [0.5, 0.6) is 0 Å². The lowest BCUT2D eigenvalue weighted by molar-refractivity contribution is 0.833. The lowest BCUT2D eigenvalue weighted by atomic mass is 9.91. The Bertz CT molecular complexity index is 432. The Hall–Kier alpha value is -2.14. The molecule has 0 saturated carbocycles. The van der Waals surface area contributed by atoms with Crippen LogP contribution in [0.4, 0.5) is 0 Å². The van der Waals surface area contributed by atoms with Crippen molar-refractivity contribution in [2.24, 2.45) is 0 Å². The van der Waals surface area contributed by atoms with Crippen LogP contribution in [0.15, 0.2) is 49.1 Å². The maximum atomic E-state index is 5.41. The van der Waals surface area contributed by atoms with Crippen LogP contribution < -0.4 is 0 Å². The van der Waals surface area contributed by atoms with Gasteiger partial charge in [0.15, 0.2) is 0 Å². The fraction of sp³-hybridized carbons (Fsp3) is 0.143. The molecule has 2 aromatic heterocycles. The molecule has 0 aliphatic heterocycles. The highest BCUT2D eigenvalue weighted by Gasteiger charge is 2.12. The fourth-order valence-electron chi connectivity index (χ4n) is 1.71. The standard InChI is InChI=1S/C14H12N2/c1-2-5-14(12-6-3-8-15-10-12)13-7-4-9-16-11-13/h1,3-4,6-11,14H,5H2. The van der Waals surface area contributed by atoms with E-state index in [-0.39, 0.29) is 5.92 Å². The lowest BCUT2D eigenvalue weighted by Gasteiger charge is -2.13. The molecule has 2 rings (SSSR count). The minimum atomic E-state index is 0.187. The third kappa shape index (κ3) is 2.26. The zero-order valence-electron chi connectivity index (χ0n) is 8.88. The Morgan fingerprint density at radius 3 is 2.00 bits per heavy atom. The fourth-order valence-corrected chi connectivity index (χ4v) is 1.71. The Morgan fingerprint density at radius 2 is 1.62 bits per heavy atom. The van der Waals surface area contributed by atoms with E-state index >= 15 is 0 Å². The van der Waals surface area contributed by atoms with Gasteiger partial charge in [0.2, 0.25) is 0 Å². The summed E-state index contributed by atoms with van der Waals surface area (Å²) in [6, 6.07) is 7.94. The highest BCUT2D eigenvalue weighted by molar-refractivity contribution is 5.30. The summed E-state index contributed by atoms with van der Waals surface area (Å²) in [7, 11) is 0. The topological polar surface area (TPSA) is 25.8 Å². The molecule has 0 unspecified atom stereocenters. The SMILES string of the molecule is C#CCC(c1cccnc1)c1cccnc1. The Balaban J connectivity index is 2.36. The minimum Gasteiger partial charge on any atom is -0.264 e. The number of pyridine rings is 2. The van der Waals surface area contributed by atoms with Crippen molar-refractivity contribution in [3.8, 4) is 12.3 Å². The van der Waals surface area contributed by atoms with Crippen LogP contribution in [0.25, 0.3) is 0 Å². The van der Waals surface area contributed by atoms with Crippen molar-refractivity contribution in [1.29, 1.82) is 0 Å². The number of nitrogens with zero attached hydrogens (tertiary/aromatic N) is 2. The minimum absolute atomic E-state index is 0.187. The molecule has 0 radical (unpaired) electrons. The van der Waals surface area contributed by atoms with Gasteiger partial charge in [0, 0.05) is 37.1 Å². The van der Waals surface area contributed by atoms with Crippen LogP contribution in [-0.2, 0) is 0 Å². The van der Waals surface area contributed by atoms with Gasteiger partial charge >= 0.3 is 0 Å². The number of aromatic nitrogens is 2. The van der Waals surface area contributed by atoms with Gasteiger partial charge in [-0.1, -0.05) is 12.1 Å². The molecular weight excluding hydrogens is 196 g/mol. The van der Waals surface area contributed by atoms with Gasteiger partial charge in [-0.25, -0.2) is 0 Å². The molecule has 0 atom stereocenters. The van der Waals surface area contributed by atoms with Crippen molar-refractivity contribution in [3.63, 3.8) is 0 Å². The van der Waals surface area contributed by atoms with E-state index < -0.39 is 0 Å². The summed E-state index contributed by atoms with van der Waals surface area (Å²) in [6.45, 7) is 0. The van der Waals surface area contributed by atoms with Crippen LogP contribution in [0.1, 0.15) is 23.5 Å². The molecular formula is C14H12N2. The predicted octanol–water partition coefficient (Wildman–Crippen LogP) is 2.63. The molecule has 16 heavy (non-hydrogen) atoms. The highest BCUT2D eigenvalue weighted by atomic mass is 14.6. The number of hydrogen-bond acceptors (Lipinski definition) is 2. The van der Waals surface area contributed by atoms with Crippen LogP contribution >= 0.6 is 0 Å². The van der Waals surface area contributed by atoms with Crippen molar-refractivity contribution in [2.75, 3.05) is 0 Å². The van der Waals surface area contributed by atoms with Crippen molar-refractivity contribution in [2.45, 2.75) is 12.3 Å². The van der Waals surface area contributed by atoms with Crippen molar-refractivity contribution >= 4 is 0 Å². The average molecular weight is 208 g/mol. The highest BCUT2D eigenvalue weighted by Crippen LogP contribution is 2.25. The van der Waals surface area contributed by atoms with Gasteiger partial charge in [-0.15, -0.1) is 12.3 Å². The summed E-state index contributed by atoms with van der Waals surface area (Å²) < 4.78 is 0. The number of rotatable bonds is 3. The summed E-state index contributed by atoms with van der Waals surface area (Å²) in [4.78, 5) is 8.25. The van der Waals surface area contributed by atoms with E-state index in [2.05, 4.69) is 15.9 Å². The summed E-state index contributed by atoms with van der Waals surface area (Å²) in [5, 5.41) is 0. The van der Waals surface area contributed by atoms with E-state index in [1.807, 2.05) is 36.7 Å². The summed E-state index contributed by atoms with van der Waals surface area (Å²) in [6.07, 6.45) is 13.3. The van der Waals surface area contributed by atoms with Gasteiger partial charge in [-0.2, -0.15) is 0 Å². The first-order chi connectivity index (χ1) is 7.92. The van der Waals surface area contributed by atoms with Crippen LogP contribution in [-0.4, -0.2) is 9.97 Å². The number of hydrogen-bond donors (Lipinski definition) is 0. The largest absolute Gasteiger partial charge is 0.264 e. The average Bonchev–Trinajstić information content (AvgIpc) is 2.38. The number of terminal acetylenes is 1. The van der Waals surface area contributed by atoms with E-state index in [0.29, 0.717) is 6.42 Å². The van der Waals surface area contributed by atoms with Crippen molar-refractivity contribution < 1.29 is 0 Å². The molecule has 0 N–H and O–H groups in total. The maximum Gasteiger partial charge on any atom is 0.0306 e. The zero-order valence-corrected chi connectivity index (χ0v) is 8.88. The Kier molecular flexibility index (Phi) is 3.30. The second kappa shape index (κ2) is 5.09.